The van der Waals surface area contributed by atoms with Crippen molar-refractivity contribution in [3.8, 4) is 22.3 Å². The minimum absolute atomic E-state index is 0.0749. The van der Waals surface area contributed by atoms with Crippen LogP contribution in [-0.2, 0) is 9.47 Å². The van der Waals surface area contributed by atoms with E-state index in [0.29, 0.717) is 11.1 Å². The molecule has 0 heterocycles. The van der Waals surface area contributed by atoms with E-state index in [1.807, 2.05) is 80.6 Å². The van der Waals surface area contributed by atoms with E-state index in [1.165, 1.54) is 19.3 Å². The first-order valence-electron chi connectivity index (χ1n) is 14.2. The Balaban J connectivity index is 1.33. The fourth-order valence-electron chi connectivity index (χ4n) is 4.64. The van der Waals surface area contributed by atoms with Gasteiger partial charge in [-0.15, -0.1) is 0 Å². The molecule has 0 unspecified atom stereocenters. The molecule has 0 bridgehead atoms. The van der Waals surface area contributed by atoms with Crippen LogP contribution in [-0.4, -0.2) is 18.0 Å². The third-order valence-corrected chi connectivity index (χ3v) is 7.12. The Morgan fingerprint density at radius 3 is 1.50 bits per heavy atom. The Morgan fingerprint density at radius 1 is 0.575 bits per heavy atom. The Labute approximate surface area is 238 Å². The summed E-state index contributed by atoms with van der Waals surface area (Å²) in [4.78, 5) is 25.1. The van der Waals surface area contributed by atoms with Crippen LogP contribution < -0.4 is 0 Å². The van der Waals surface area contributed by atoms with Crippen LogP contribution >= 0.6 is 0 Å². The van der Waals surface area contributed by atoms with Gasteiger partial charge >= 0.3 is 11.9 Å². The molecular weight excluding hydrogens is 496 g/mol. The zero-order valence-electron chi connectivity index (χ0n) is 23.6. The van der Waals surface area contributed by atoms with Gasteiger partial charge in [0.2, 0.25) is 0 Å². The molecule has 206 valence electrons. The molecule has 0 N–H and O–H groups in total. The molecule has 0 saturated heterocycles. The predicted molar refractivity (Wildman–Crippen MR) is 161 cm³/mol. The van der Waals surface area contributed by atoms with E-state index >= 15 is 0 Å². The van der Waals surface area contributed by atoms with E-state index in [2.05, 4.69) is 31.2 Å². The highest BCUT2D eigenvalue weighted by atomic mass is 16.5. The van der Waals surface area contributed by atoms with Crippen molar-refractivity contribution < 1.29 is 19.1 Å². The van der Waals surface area contributed by atoms with Crippen LogP contribution in [0.3, 0.4) is 0 Å². The molecule has 0 aliphatic rings. The molecule has 4 aromatic rings. The normalized spacial score (nSPS) is 12.4. The fourth-order valence-corrected chi connectivity index (χ4v) is 4.64. The molecule has 4 heteroatoms. The van der Waals surface area contributed by atoms with E-state index in [1.54, 1.807) is 12.1 Å². The largest absolute Gasteiger partial charge is 0.459 e. The highest BCUT2D eigenvalue weighted by Gasteiger charge is 2.14. The van der Waals surface area contributed by atoms with Crippen LogP contribution in [0.2, 0.25) is 0 Å². The molecule has 0 spiro atoms. The van der Waals surface area contributed by atoms with Gasteiger partial charge in [0.05, 0.1) is 17.2 Å². The maximum atomic E-state index is 12.6. The molecule has 4 aromatic carbocycles. The van der Waals surface area contributed by atoms with Crippen molar-refractivity contribution in [1.82, 2.24) is 0 Å². The Hall–Kier alpha value is -4.18. The lowest BCUT2D eigenvalue weighted by molar-refractivity contribution is 0.0315. The van der Waals surface area contributed by atoms with Gasteiger partial charge in [0.15, 0.2) is 0 Å². The monoisotopic (exact) mass is 534 g/mol. The van der Waals surface area contributed by atoms with Crippen molar-refractivity contribution in [2.45, 2.75) is 65.1 Å². The number of benzene rings is 4. The van der Waals surface area contributed by atoms with E-state index in [4.69, 9.17) is 9.47 Å². The molecule has 0 aliphatic carbocycles. The number of carbonyl (C=O) groups excluding carboxylic acids is 2. The predicted octanol–water partition coefficient (Wildman–Crippen LogP) is 9.45. The smallest absolute Gasteiger partial charge is 0.338 e. The molecule has 0 aromatic heterocycles. The average molecular weight is 535 g/mol. The summed E-state index contributed by atoms with van der Waals surface area (Å²) in [5, 5.41) is 0. The summed E-state index contributed by atoms with van der Waals surface area (Å²) in [5.74, 6) is -0.612. The second-order valence-electron chi connectivity index (χ2n) is 10.3. The molecule has 4 nitrogen and oxygen atoms in total. The van der Waals surface area contributed by atoms with Crippen molar-refractivity contribution in [2.75, 3.05) is 0 Å². The highest BCUT2D eigenvalue weighted by Crippen LogP contribution is 2.26. The number of hydrogen-bond acceptors (Lipinski definition) is 4. The Kier molecular flexibility index (Phi) is 10.3. The average Bonchev–Trinajstić information content (AvgIpc) is 3.00. The molecule has 0 aliphatic heterocycles. The van der Waals surface area contributed by atoms with Gasteiger partial charge in [0.25, 0.3) is 0 Å². The van der Waals surface area contributed by atoms with Gasteiger partial charge in [-0.25, -0.2) is 9.59 Å². The summed E-state index contributed by atoms with van der Waals surface area (Å²) < 4.78 is 11.3. The van der Waals surface area contributed by atoms with E-state index in [9.17, 15) is 9.59 Å². The summed E-state index contributed by atoms with van der Waals surface area (Å²) in [7, 11) is 0. The summed E-state index contributed by atoms with van der Waals surface area (Å²) in [6.45, 7) is 6.03. The van der Waals surface area contributed by atoms with Gasteiger partial charge in [-0.2, -0.15) is 0 Å². The number of esters is 2. The molecule has 0 saturated carbocycles. The first-order valence-corrected chi connectivity index (χ1v) is 14.2. The highest BCUT2D eigenvalue weighted by molar-refractivity contribution is 5.91. The molecule has 4 rings (SSSR count). The number of unbranched alkanes of at least 4 members (excludes halogenated alkanes) is 3. The lowest BCUT2D eigenvalue weighted by atomic mass is 9.99. The lowest BCUT2D eigenvalue weighted by Crippen LogP contribution is -2.15. The van der Waals surface area contributed by atoms with E-state index < -0.39 is 0 Å². The molecule has 0 fully saturated rings. The van der Waals surface area contributed by atoms with Crippen molar-refractivity contribution in [3.05, 3.63) is 120 Å². The topological polar surface area (TPSA) is 52.6 Å². The van der Waals surface area contributed by atoms with Crippen molar-refractivity contribution in [3.63, 3.8) is 0 Å². The van der Waals surface area contributed by atoms with Gasteiger partial charge in [-0.05, 0) is 78.8 Å². The molecule has 0 radical (unpaired) electrons. The first-order chi connectivity index (χ1) is 19.4. The third-order valence-electron chi connectivity index (χ3n) is 7.12. The van der Waals surface area contributed by atoms with Crippen LogP contribution in [0.5, 0.6) is 0 Å². The van der Waals surface area contributed by atoms with Gasteiger partial charge in [0, 0.05) is 0 Å². The number of hydrogen-bond donors (Lipinski definition) is 0. The Morgan fingerprint density at radius 2 is 1.02 bits per heavy atom. The second kappa shape index (κ2) is 14.3. The fraction of sp³-hybridized carbons (Fsp3) is 0.278. The standard InChI is InChI=1S/C36H38O4/c1-4-5-6-8-11-26(2)39-35(37)33-22-18-31(19-23-33)29-14-16-30(17-15-29)32-20-24-34(25-21-32)36(38)40-27(3)28-12-9-7-10-13-28/h7,9-10,12-27H,4-6,8,11H2,1-3H3/t26-,27+/m1/s1. The number of ether oxygens (including phenoxy) is 2. The van der Waals surface area contributed by atoms with E-state index in [-0.39, 0.29) is 24.1 Å². The summed E-state index contributed by atoms with van der Waals surface area (Å²) in [6.07, 6.45) is 5.20. The third kappa shape index (κ3) is 7.92. The van der Waals surface area contributed by atoms with Crippen molar-refractivity contribution >= 4 is 11.9 Å². The quantitative estimate of drug-likeness (QED) is 0.134. The zero-order chi connectivity index (χ0) is 28.3. The summed E-state index contributed by atoms with van der Waals surface area (Å²) >= 11 is 0. The van der Waals surface area contributed by atoms with Crippen molar-refractivity contribution in [2.24, 2.45) is 0 Å². The van der Waals surface area contributed by atoms with Crippen LogP contribution in [0, 0.1) is 0 Å². The minimum Gasteiger partial charge on any atom is -0.459 e. The maximum Gasteiger partial charge on any atom is 0.338 e. The van der Waals surface area contributed by atoms with E-state index in [0.717, 1.165) is 40.7 Å². The van der Waals surface area contributed by atoms with Gasteiger partial charge < -0.3 is 9.47 Å². The van der Waals surface area contributed by atoms with Crippen LogP contribution in [0.15, 0.2) is 103 Å². The molecule has 0 amide bonds. The molecule has 2 atom stereocenters. The number of carbonyl (C=O) groups is 2. The zero-order valence-corrected chi connectivity index (χ0v) is 23.6. The Bertz CT molecular complexity index is 1360. The summed E-state index contributed by atoms with van der Waals surface area (Å²) in [5.41, 5.74) is 6.20. The number of rotatable bonds is 12. The van der Waals surface area contributed by atoms with Gasteiger partial charge in [-0.3, -0.25) is 0 Å². The second-order valence-corrected chi connectivity index (χ2v) is 10.3. The van der Waals surface area contributed by atoms with Gasteiger partial charge in [-0.1, -0.05) is 105 Å². The summed E-state index contributed by atoms with van der Waals surface area (Å²) in [6, 6.07) is 33.0. The molecule has 40 heavy (non-hydrogen) atoms. The maximum absolute atomic E-state index is 12.6. The van der Waals surface area contributed by atoms with Crippen LogP contribution in [0.4, 0.5) is 0 Å². The van der Waals surface area contributed by atoms with Crippen LogP contribution in [0.25, 0.3) is 22.3 Å². The van der Waals surface area contributed by atoms with Crippen LogP contribution in [0.1, 0.15) is 85.3 Å². The van der Waals surface area contributed by atoms with Crippen molar-refractivity contribution in [1.29, 1.82) is 0 Å². The SMILES string of the molecule is CCCCCC[C@@H](C)OC(=O)c1ccc(-c2ccc(-c3ccc(C(=O)O[C@@H](C)c4ccccc4)cc3)cc2)cc1. The van der Waals surface area contributed by atoms with Gasteiger partial charge in [0.1, 0.15) is 6.10 Å². The lowest BCUT2D eigenvalue weighted by Gasteiger charge is -2.14. The minimum atomic E-state index is -0.341. The molecular formula is C36H38O4. The first kappa shape index (κ1) is 28.8.